The minimum absolute atomic E-state index is 0.246. The molecule has 1 amide bonds. The standard InChI is InChI=1S/C91H169NO18/c1-3-5-7-9-11-13-15-17-19-21-23-25-27-29-31-33-35-36-37-38-39-41-43-45-47-49-51-53-55-57-59-61-63-65-67-69-79(97)92-74(75(96)68-66-64-62-60-58-56-54-52-50-48-46-44-42-40-34-32-30-28-26-24-22-20-18-16-14-12-10-8-6-4-2)73-105-89-85(103)82(100)87(77(71-94)107-89)110-91-86(104)83(101)88(78(72-95)108-91)109-90-84(102)81(99)80(98)76(70-93)106-90/h15,17,21,23,27,29,66,68,74-78,80-91,93-96,98-104H,3-14,16,18-20,22,24-26,28,30-65,67,69-73H2,1-2H3,(H,92,97)/b17-15-,23-21-,29-27-,68-66+. The van der Waals surface area contributed by atoms with Gasteiger partial charge in [-0.2, -0.15) is 0 Å². The Morgan fingerprint density at radius 1 is 0.327 bits per heavy atom. The molecule has 17 unspecified atom stereocenters. The summed E-state index contributed by atoms with van der Waals surface area (Å²) >= 11 is 0. The largest absolute Gasteiger partial charge is 0.394 e. The van der Waals surface area contributed by atoms with Gasteiger partial charge in [-0.3, -0.25) is 4.79 Å². The molecule has 3 fully saturated rings. The fourth-order valence-electron chi connectivity index (χ4n) is 15.6. The van der Waals surface area contributed by atoms with E-state index >= 15 is 0 Å². The van der Waals surface area contributed by atoms with Gasteiger partial charge in [-0.25, -0.2) is 0 Å². The van der Waals surface area contributed by atoms with Gasteiger partial charge in [0.1, 0.15) is 73.2 Å². The van der Waals surface area contributed by atoms with Gasteiger partial charge in [0.25, 0.3) is 0 Å². The molecule has 646 valence electrons. The molecule has 0 spiro atoms. The number of carbonyl (C=O) groups excluding carboxylic acids is 1. The summed E-state index contributed by atoms with van der Waals surface area (Å²) in [4.78, 5) is 13.5. The van der Waals surface area contributed by atoms with Crippen LogP contribution in [0.2, 0.25) is 0 Å². The second kappa shape index (κ2) is 70.9. The molecule has 0 radical (unpaired) electrons. The first-order chi connectivity index (χ1) is 53.8. The average Bonchev–Trinajstić information content (AvgIpc) is 0.795. The summed E-state index contributed by atoms with van der Waals surface area (Å²) < 4.78 is 34.5. The average molecular weight is 1570 g/mol. The fraction of sp³-hybridized carbons (Fsp3) is 0.901. The molecule has 19 heteroatoms. The molecule has 3 aliphatic rings. The van der Waals surface area contributed by atoms with E-state index < -0.39 is 124 Å². The third kappa shape index (κ3) is 49.1. The summed E-state index contributed by atoms with van der Waals surface area (Å²) in [5, 5.41) is 121. The number of aliphatic hydroxyl groups excluding tert-OH is 11. The van der Waals surface area contributed by atoms with E-state index in [9.17, 15) is 61.0 Å². The third-order valence-corrected chi connectivity index (χ3v) is 22.9. The third-order valence-electron chi connectivity index (χ3n) is 22.9. The van der Waals surface area contributed by atoms with Crippen molar-refractivity contribution in [1.29, 1.82) is 0 Å². The van der Waals surface area contributed by atoms with Crippen LogP contribution in [0.1, 0.15) is 393 Å². The van der Waals surface area contributed by atoms with Gasteiger partial charge in [-0.15, -0.1) is 0 Å². The molecule has 0 saturated carbocycles. The van der Waals surface area contributed by atoms with Crippen molar-refractivity contribution < 1.29 is 89.4 Å². The highest BCUT2D eigenvalue weighted by Gasteiger charge is 2.54. The van der Waals surface area contributed by atoms with E-state index in [-0.39, 0.29) is 18.9 Å². The lowest BCUT2D eigenvalue weighted by Crippen LogP contribution is -2.66. The second-order valence-corrected chi connectivity index (χ2v) is 32.8. The number of ether oxygens (including phenoxy) is 6. The summed E-state index contributed by atoms with van der Waals surface area (Å²) in [6.07, 6.45) is 65.5. The van der Waals surface area contributed by atoms with Gasteiger partial charge in [0.15, 0.2) is 18.9 Å². The van der Waals surface area contributed by atoms with E-state index in [0.29, 0.717) is 6.42 Å². The van der Waals surface area contributed by atoms with E-state index in [1.54, 1.807) is 6.08 Å². The number of allylic oxidation sites excluding steroid dienone is 7. The first-order valence-electron chi connectivity index (χ1n) is 45.9. The molecule has 12 N–H and O–H groups in total. The Balaban J connectivity index is 1.32. The summed E-state index contributed by atoms with van der Waals surface area (Å²) in [7, 11) is 0. The SMILES string of the molecule is CCCCCCC/C=C\C/C=C\C/C=C\CCCCCCCCCCCCCCCCCCCCCCC(=O)NC(COC1OC(CO)C(OC2OC(CO)C(OC3OC(CO)C(O)C(O)C3O)C(O)C2O)C(O)C1O)C(O)/C=C/CCCCCCCCCCCCCCCCCCCCCCCCCCCCCC. The van der Waals surface area contributed by atoms with Crippen molar-refractivity contribution in [3.63, 3.8) is 0 Å². The number of carbonyl (C=O) groups is 1. The van der Waals surface area contributed by atoms with Crippen LogP contribution in [0.4, 0.5) is 0 Å². The predicted molar refractivity (Wildman–Crippen MR) is 443 cm³/mol. The maximum atomic E-state index is 13.5. The van der Waals surface area contributed by atoms with Gasteiger partial charge in [0.05, 0.1) is 38.6 Å². The highest BCUT2D eigenvalue weighted by molar-refractivity contribution is 5.76. The van der Waals surface area contributed by atoms with Gasteiger partial charge in [-0.1, -0.05) is 377 Å². The van der Waals surface area contributed by atoms with E-state index in [1.165, 1.54) is 308 Å². The molecule has 3 heterocycles. The zero-order valence-electron chi connectivity index (χ0n) is 69.8. The quantitative estimate of drug-likeness (QED) is 0.0199. The van der Waals surface area contributed by atoms with Crippen molar-refractivity contribution in [3.05, 3.63) is 48.6 Å². The Morgan fingerprint density at radius 2 is 0.600 bits per heavy atom. The van der Waals surface area contributed by atoms with Crippen molar-refractivity contribution in [3.8, 4) is 0 Å². The van der Waals surface area contributed by atoms with Crippen LogP contribution >= 0.6 is 0 Å². The molecular weight excluding hydrogens is 1390 g/mol. The van der Waals surface area contributed by atoms with Crippen LogP contribution in [0.3, 0.4) is 0 Å². The Labute approximate surface area is 669 Å². The van der Waals surface area contributed by atoms with E-state index in [0.717, 1.165) is 57.8 Å². The van der Waals surface area contributed by atoms with Crippen LogP contribution < -0.4 is 5.32 Å². The molecule has 3 aliphatic heterocycles. The zero-order chi connectivity index (χ0) is 79.5. The van der Waals surface area contributed by atoms with Crippen LogP contribution in [-0.4, -0.2) is 193 Å². The number of unbranched alkanes of at least 4 members (excludes halogenated alkanes) is 53. The number of nitrogens with one attached hydrogen (secondary N) is 1. The lowest BCUT2D eigenvalue weighted by Gasteiger charge is -2.48. The number of rotatable bonds is 75. The Morgan fingerprint density at radius 3 is 0.936 bits per heavy atom. The molecule has 3 rings (SSSR count). The van der Waals surface area contributed by atoms with Crippen LogP contribution in [0, 0.1) is 0 Å². The molecule has 0 aliphatic carbocycles. The topological polar surface area (TPSA) is 307 Å². The van der Waals surface area contributed by atoms with Crippen molar-refractivity contribution >= 4 is 5.91 Å². The van der Waals surface area contributed by atoms with Crippen molar-refractivity contribution in [2.75, 3.05) is 26.4 Å². The Bertz CT molecular complexity index is 2170. The van der Waals surface area contributed by atoms with E-state index in [4.69, 9.17) is 28.4 Å². The molecule has 0 aromatic rings. The van der Waals surface area contributed by atoms with Crippen LogP contribution in [-0.2, 0) is 33.2 Å². The molecule has 110 heavy (non-hydrogen) atoms. The minimum Gasteiger partial charge on any atom is -0.394 e. The summed E-state index contributed by atoms with van der Waals surface area (Å²) in [6.45, 7) is 1.79. The van der Waals surface area contributed by atoms with Crippen LogP contribution in [0.15, 0.2) is 48.6 Å². The van der Waals surface area contributed by atoms with Gasteiger partial charge in [-0.05, 0) is 57.8 Å². The monoisotopic (exact) mass is 1560 g/mol. The van der Waals surface area contributed by atoms with Gasteiger partial charge >= 0.3 is 0 Å². The smallest absolute Gasteiger partial charge is 0.220 e. The molecule has 0 bridgehead atoms. The molecule has 0 aromatic carbocycles. The van der Waals surface area contributed by atoms with Crippen LogP contribution in [0.25, 0.3) is 0 Å². The van der Waals surface area contributed by atoms with Gasteiger partial charge in [0.2, 0.25) is 5.91 Å². The second-order valence-electron chi connectivity index (χ2n) is 32.8. The molecule has 17 atom stereocenters. The number of hydrogen-bond acceptors (Lipinski definition) is 18. The van der Waals surface area contributed by atoms with E-state index in [2.05, 4.69) is 55.6 Å². The summed E-state index contributed by atoms with van der Waals surface area (Å²) in [5.74, 6) is -0.268. The van der Waals surface area contributed by atoms with Gasteiger partial charge < -0.3 is 89.9 Å². The summed E-state index contributed by atoms with van der Waals surface area (Å²) in [6, 6.07) is -0.975. The summed E-state index contributed by atoms with van der Waals surface area (Å²) in [5.41, 5.74) is 0. The molecule has 19 nitrogen and oxygen atoms in total. The number of hydrogen-bond donors (Lipinski definition) is 12. The highest BCUT2D eigenvalue weighted by atomic mass is 16.8. The fourth-order valence-corrected chi connectivity index (χ4v) is 15.6. The number of amides is 1. The minimum atomic E-state index is -1.98. The first-order valence-corrected chi connectivity index (χ1v) is 45.9. The lowest BCUT2D eigenvalue weighted by atomic mass is 9.96. The van der Waals surface area contributed by atoms with E-state index in [1.807, 2.05) is 6.08 Å². The molecule has 0 aromatic heterocycles. The first kappa shape index (κ1) is 102. The Kier molecular flexibility index (Phi) is 65.7. The van der Waals surface area contributed by atoms with Crippen molar-refractivity contribution in [1.82, 2.24) is 5.32 Å². The highest BCUT2D eigenvalue weighted by Crippen LogP contribution is 2.34. The maximum Gasteiger partial charge on any atom is 0.220 e. The molecular formula is C91H169NO18. The zero-order valence-corrected chi connectivity index (χ0v) is 69.8. The Hall–Kier alpha value is -2.25. The number of aliphatic hydroxyl groups is 11. The van der Waals surface area contributed by atoms with Crippen molar-refractivity contribution in [2.24, 2.45) is 0 Å². The predicted octanol–water partition coefficient (Wildman–Crippen LogP) is 17.6. The van der Waals surface area contributed by atoms with Crippen LogP contribution in [0.5, 0.6) is 0 Å². The van der Waals surface area contributed by atoms with Gasteiger partial charge in [0, 0.05) is 6.42 Å². The van der Waals surface area contributed by atoms with Crippen molar-refractivity contribution in [2.45, 2.75) is 497 Å². The normalized spacial score (nSPS) is 25.3. The molecule has 3 saturated heterocycles. The lowest BCUT2D eigenvalue weighted by molar-refractivity contribution is -0.379. The maximum absolute atomic E-state index is 13.5.